The van der Waals surface area contributed by atoms with E-state index in [1.165, 1.54) is 16.8 Å². The molecule has 0 atom stereocenters. The topological polar surface area (TPSA) is 125 Å². The molecule has 1 amide bonds. The first-order chi connectivity index (χ1) is 15.3. The summed E-state index contributed by atoms with van der Waals surface area (Å²) in [5.41, 5.74) is 6.73. The van der Waals surface area contributed by atoms with Gasteiger partial charge in [-0.25, -0.2) is 14.8 Å². The van der Waals surface area contributed by atoms with Crippen LogP contribution in [-0.4, -0.2) is 25.0 Å². The van der Waals surface area contributed by atoms with E-state index in [2.05, 4.69) is 31.2 Å². The Hall–Kier alpha value is -3.79. The van der Waals surface area contributed by atoms with Gasteiger partial charge in [-0.1, -0.05) is 28.1 Å². The van der Waals surface area contributed by atoms with Crippen molar-refractivity contribution in [3.05, 3.63) is 97.0 Å². The second-order valence-corrected chi connectivity index (χ2v) is 8.13. The summed E-state index contributed by atoms with van der Waals surface area (Å²) in [6, 6.07) is 12.1. The minimum absolute atomic E-state index is 0.0745. The number of nitrogen functional groups attached to an aromatic ring is 1. The Labute approximate surface area is 190 Å². The molecule has 3 heterocycles. The molecule has 0 unspecified atom stereocenters. The lowest BCUT2D eigenvalue weighted by Gasteiger charge is -2.12. The van der Waals surface area contributed by atoms with Crippen molar-refractivity contribution in [1.29, 1.82) is 0 Å². The highest BCUT2D eigenvalue weighted by Gasteiger charge is 2.15. The lowest BCUT2D eigenvalue weighted by molar-refractivity contribution is 0.0946. The molecule has 0 saturated carbocycles. The van der Waals surface area contributed by atoms with Crippen LogP contribution in [0.25, 0.3) is 10.9 Å². The van der Waals surface area contributed by atoms with E-state index in [1.807, 2.05) is 24.3 Å². The first-order valence-corrected chi connectivity index (χ1v) is 10.5. The highest BCUT2D eigenvalue weighted by molar-refractivity contribution is 9.10. The van der Waals surface area contributed by atoms with Gasteiger partial charge in [-0.3, -0.25) is 18.7 Å². The zero-order chi connectivity index (χ0) is 22.8. The average molecular weight is 495 g/mol. The summed E-state index contributed by atoms with van der Waals surface area (Å²) in [5.74, 6) is -0.0946. The van der Waals surface area contributed by atoms with Gasteiger partial charge < -0.3 is 11.1 Å². The number of aryl methyl sites for hydroxylation is 1. The summed E-state index contributed by atoms with van der Waals surface area (Å²) < 4.78 is 3.40. The van der Waals surface area contributed by atoms with Crippen LogP contribution >= 0.6 is 15.9 Å². The van der Waals surface area contributed by atoms with Crippen molar-refractivity contribution < 1.29 is 4.79 Å². The minimum atomic E-state index is -0.482. The highest BCUT2D eigenvalue weighted by Crippen LogP contribution is 2.12. The lowest BCUT2D eigenvalue weighted by atomic mass is 10.2. The lowest BCUT2D eigenvalue weighted by Crippen LogP contribution is -2.39. The van der Waals surface area contributed by atoms with Crippen LogP contribution in [0.5, 0.6) is 0 Å². The molecule has 4 aromatic rings. The third-order valence-corrected chi connectivity index (χ3v) is 5.55. The molecule has 1 aromatic carbocycles. The third kappa shape index (κ3) is 4.30. The Balaban J connectivity index is 1.67. The fourth-order valence-corrected chi connectivity index (χ4v) is 3.58. The quantitative estimate of drug-likeness (QED) is 0.435. The van der Waals surface area contributed by atoms with E-state index in [4.69, 9.17) is 5.73 Å². The normalized spacial score (nSPS) is 10.9. The largest absolute Gasteiger partial charge is 0.384 e. The number of halogens is 1. The second kappa shape index (κ2) is 8.75. The van der Waals surface area contributed by atoms with Gasteiger partial charge in [-0.05, 0) is 41.5 Å². The maximum Gasteiger partial charge on any atom is 0.331 e. The van der Waals surface area contributed by atoms with Crippen LogP contribution in [0.15, 0.2) is 68.9 Å². The van der Waals surface area contributed by atoms with Crippen LogP contribution in [0.4, 0.5) is 5.82 Å². The van der Waals surface area contributed by atoms with Crippen molar-refractivity contribution in [1.82, 2.24) is 24.4 Å². The Morgan fingerprint density at radius 3 is 2.56 bits per heavy atom. The number of amides is 1. The number of hydrogen-bond donors (Lipinski definition) is 2. The van der Waals surface area contributed by atoms with Gasteiger partial charge in [0.2, 0.25) is 0 Å². The SMILES string of the molecule is Cn1c(=O)n(Cc2ccc(Br)cc2)c(=O)c2cc(C(=O)NCc3ccnc(N)c3)ncc21. The maximum atomic E-state index is 13.1. The van der Waals surface area contributed by atoms with Crippen LogP contribution in [0, 0.1) is 0 Å². The van der Waals surface area contributed by atoms with E-state index >= 15 is 0 Å². The van der Waals surface area contributed by atoms with E-state index in [0.717, 1.165) is 20.2 Å². The molecule has 10 heteroatoms. The predicted molar refractivity (Wildman–Crippen MR) is 124 cm³/mol. The van der Waals surface area contributed by atoms with E-state index in [1.54, 1.807) is 25.4 Å². The number of rotatable bonds is 5. The molecule has 0 saturated heterocycles. The van der Waals surface area contributed by atoms with Crippen molar-refractivity contribution >= 4 is 38.6 Å². The standard InChI is InChI=1S/C22H19BrN6O3/c1-28-18-11-26-17(20(30)27-10-14-6-7-25-19(24)8-14)9-16(18)21(31)29(22(28)32)12-13-2-4-15(23)5-3-13/h2-9,11H,10,12H2,1H3,(H2,24,25)(H,27,30). The van der Waals surface area contributed by atoms with Gasteiger partial charge in [-0.2, -0.15) is 0 Å². The molecular formula is C22H19BrN6O3. The number of hydrogen-bond acceptors (Lipinski definition) is 6. The number of carbonyl (C=O) groups excluding carboxylic acids is 1. The van der Waals surface area contributed by atoms with Crippen molar-refractivity contribution in [3.8, 4) is 0 Å². The number of nitrogens with one attached hydrogen (secondary N) is 1. The summed E-state index contributed by atoms with van der Waals surface area (Å²) in [6.07, 6.45) is 2.92. The van der Waals surface area contributed by atoms with Gasteiger partial charge in [0.1, 0.15) is 11.5 Å². The third-order valence-electron chi connectivity index (χ3n) is 5.02. The van der Waals surface area contributed by atoms with Gasteiger partial charge in [0.25, 0.3) is 11.5 Å². The molecule has 32 heavy (non-hydrogen) atoms. The van der Waals surface area contributed by atoms with E-state index in [-0.39, 0.29) is 24.2 Å². The number of carbonyl (C=O) groups is 1. The number of nitrogens with two attached hydrogens (primary N) is 1. The fourth-order valence-electron chi connectivity index (χ4n) is 3.32. The molecule has 0 aliphatic heterocycles. The number of fused-ring (bicyclic) bond motifs is 1. The maximum absolute atomic E-state index is 13.1. The fraction of sp³-hybridized carbons (Fsp3) is 0.136. The van der Waals surface area contributed by atoms with Gasteiger partial charge in [0.15, 0.2) is 0 Å². The van der Waals surface area contributed by atoms with E-state index in [9.17, 15) is 14.4 Å². The van der Waals surface area contributed by atoms with Gasteiger partial charge in [0.05, 0.1) is 23.6 Å². The van der Waals surface area contributed by atoms with Gasteiger partial charge >= 0.3 is 5.69 Å². The molecule has 3 aromatic heterocycles. The highest BCUT2D eigenvalue weighted by atomic mass is 79.9. The van der Waals surface area contributed by atoms with Crippen molar-refractivity contribution in [2.24, 2.45) is 7.05 Å². The summed E-state index contributed by atoms with van der Waals surface area (Å²) in [4.78, 5) is 46.6. The molecule has 3 N–H and O–H groups in total. The number of benzene rings is 1. The average Bonchev–Trinajstić information content (AvgIpc) is 2.79. The number of anilines is 1. The monoisotopic (exact) mass is 494 g/mol. The Morgan fingerprint density at radius 1 is 1.09 bits per heavy atom. The van der Waals surface area contributed by atoms with Crippen molar-refractivity contribution in [2.75, 3.05) is 5.73 Å². The van der Waals surface area contributed by atoms with E-state index in [0.29, 0.717) is 11.3 Å². The molecule has 9 nitrogen and oxygen atoms in total. The van der Waals surface area contributed by atoms with Crippen molar-refractivity contribution in [2.45, 2.75) is 13.1 Å². The van der Waals surface area contributed by atoms with Crippen LogP contribution in [0.2, 0.25) is 0 Å². The molecule has 0 aliphatic rings. The van der Waals surface area contributed by atoms with Crippen LogP contribution in [0.3, 0.4) is 0 Å². The summed E-state index contributed by atoms with van der Waals surface area (Å²) >= 11 is 3.37. The molecule has 0 radical (unpaired) electrons. The molecule has 0 spiro atoms. The Morgan fingerprint density at radius 2 is 1.84 bits per heavy atom. The summed E-state index contributed by atoms with van der Waals surface area (Å²) in [5, 5.41) is 2.98. The zero-order valence-electron chi connectivity index (χ0n) is 17.1. The molecule has 4 rings (SSSR count). The predicted octanol–water partition coefficient (Wildman–Crippen LogP) is 1.81. The number of nitrogens with zero attached hydrogens (tertiary/aromatic N) is 4. The smallest absolute Gasteiger partial charge is 0.331 e. The molecule has 0 aliphatic carbocycles. The van der Waals surface area contributed by atoms with Crippen LogP contribution in [-0.2, 0) is 20.1 Å². The first kappa shape index (κ1) is 21.4. The molecule has 0 fully saturated rings. The number of aromatic nitrogens is 4. The van der Waals surface area contributed by atoms with Crippen LogP contribution < -0.4 is 22.3 Å². The summed E-state index contributed by atoms with van der Waals surface area (Å²) in [7, 11) is 1.57. The molecule has 0 bridgehead atoms. The van der Waals surface area contributed by atoms with Gasteiger partial charge in [-0.15, -0.1) is 0 Å². The molecule has 162 valence electrons. The van der Waals surface area contributed by atoms with Gasteiger partial charge in [0, 0.05) is 24.3 Å². The minimum Gasteiger partial charge on any atom is -0.384 e. The second-order valence-electron chi connectivity index (χ2n) is 7.22. The van der Waals surface area contributed by atoms with Crippen LogP contribution in [0.1, 0.15) is 21.6 Å². The van der Waals surface area contributed by atoms with Crippen molar-refractivity contribution in [3.63, 3.8) is 0 Å². The zero-order valence-corrected chi connectivity index (χ0v) is 18.7. The number of pyridine rings is 2. The first-order valence-electron chi connectivity index (χ1n) is 9.66. The summed E-state index contributed by atoms with van der Waals surface area (Å²) in [6.45, 7) is 0.342. The Kier molecular flexibility index (Phi) is 5.87. The molecular weight excluding hydrogens is 476 g/mol. The Bertz CT molecular complexity index is 1440. The van der Waals surface area contributed by atoms with E-state index < -0.39 is 17.2 Å².